The largest absolute Gasteiger partial charge is 0.210 e. The minimum Gasteiger partial charge on any atom is -0.210 e. The van der Waals surface area contributed by atoms with Gasteiger partial charge in [-0.05, 0) is 22.3 Å². The van der Waals surface area contributed by atoms with E-state index in [1.54, 1.807) is 10.2 Å². The van der Waals surface area contributed by atoms with E-state index in [1.165, 1.54) is 0 Å². The van der Waals surface area contributed by atoms with Crippen LogP contribution in [0.3, 0.4) is 0 Å². The molecule has 0 saturated carbocycles. The first-order valence-electron chi connectivity index (χ1n) is 6.55. The summed E-state index contributed by atoms with van der Waals surface area (Å²) in [7, 11) is 7.83. The van der Waals surface area contributed by atoms with Gasteiger partial charge in [-0.3, -0.25) is 0 Å². The second kappa shape index (κ2) is 8.26. The Hall–Kier alpha value is -0.880. The Bertz CT molecular complexity index is 217. The van der Waals surface area contributed by atoms with Crippen LogP contribution >= 0.6 is 0 Å². The molecule has 0 amide bonds. The van der Waals surface area contributed by atoms with E-state index in [-0.39, 0.29) is 0 Å². The van der Waals surface area contributed by atoms with E-state index >= 15 is 0 Å². The molecule has 0 atom stereocenters. The van der Waals surface area contributed by atoms with Crippen LogP contribution in [-0.4, -0.2) is 61.5 Å². The van der Waals surface area contributed by atoms with E-state index in [0.29, 0.717) is 11.8 Å². The lowest BCUT2D eigenvalue weighted by molar-refractivity contribution is -0.0332. The highest BCUT2D eigenvalue weighted by molar-refractivity contribution is 4.49. The van der Waals surface area contributed by atoms with Crippen molar-refractivity contribution < 1.29 is 0 Å². The van der Waals surface area contributed by atoms with Gasteiger partial charge in [0.15, 0.2) is 0 Å². The van der Waals surface area contributed by atoms with E-state index < -0.39 is 0 Å². The zero-order valence-corrected chi connectivity index (χ0v) is 13.3. The quantitative estimate of drug-likeness (QED) is 0.494. The maximum absolute atomic E-state index is 4.17. The van der Waals surface area contributed by atoms with Crippen molar-refractivity contribution in [1.29, 1.82) is 0 Å². The molecule has 0 aliphatic carbocycles. The third-order valence-corrected chi connectivity index (χ3v) is 2.55. The first-order chi connectivity index (χ1) is 8.23. The van der Waals surface area contributed by atoms with Gasteiger partial charge in [-0.15, -0.1) is 0 Å². The molecule has 0 aromatic carbocycles. The van der Waals surface area contributed by atoms with Crippen LogP contribution in [0.1, 0.15) is 27.7 Å². The molecule has 0 saturated heterocycles. The predicted molar refractivity (Wildman–Crippen MR) is 75.3 cm³/mol. The second-order valence-corrected chi connectivity index (χ2v) is 5.63. The minimum atomic E-state index is 0.606. The van der Waals surface area contributed by atoms with Crippen LogP contribution in [0.2, 0.25) is 0 Å². The van der Waals surface area contributed by atoms with Crippen LogP contribution < -0.4 is 0 Å². The van der Waals surface area contributed by atoms with Gasteiger partial charge in [-0.2, -0.15) is 0 Å². The standard InChI is InChI=1S/C12H30N6/c1-11(2)9-15(5)17(7)13-14-18(8)16(6)10-12(3)4/h11-12H,9-10H2,1-8H3. The van der Waals surface area contributed by atoms with Gasteiger partial charge in [0, 0.05) is 41.3 Å². The second-order valence-electron chi connectivity index (χ2n) is 5.63. The lowest BCUT2D eigenvalue weighted by Crippen LogP contribution is -2.37. The van der Waals surface area contributed by atoms with Gasteiger partial charge in [0.2, 0.25) is 0 Å². The third-order valence-electron chi connectivity index (χ3n) is 2.55. The van der Waals surface area contributed by atoms with E-state index in [2.05, 4.69) is 38.1 Å². The smallest absolute Gasteiger partial charge is 0.0442 e. The summed E-state index contributed by atoms with van der Waals surface area (Å²) < 4.78 is 0. The summed E-state index contributed by atoms with van der Waals surface area (Å²) in [5, 5.41) is 16.0. The molecule has 0 aliphatic heterocycles. The van der Waals surface area contributed by atoms with Crippen molar-refractivity contribution in [2.75, 3.05) is 41.3 Å². The average Bonchev–Trinajstić information content (AvgIpc) is 2.23. The maximum Gasteiger partial charge on any atom is 0.0442 e. The summed E-state index contributed by atoms with van der Waals surface area (Å²) in [4.78, 5) is 0. The molecule has 6 nitrogen and oxygen atoms in total. The molecule has 18 heavy (non-hydrogen) atoms. The molecule has 0 spiro atoms. The van der Waals surface area contributed by atoms with Crippen LogP contribution in [0.15, 0.2) is 10.4 Å². The highest BCUT2D eigenvalue weighted by atomic mass is 15.9. The third kappa shape index (κ3) is 7.45. The Morgan fingerprint density at radius 3 is 1.17 bits per heavy atom. The van der Waals surface area contributed by atoms with Gasteiger partial charge < -0.3 is 0 Å². The van der Waals surface area contributed by atoms with Gasteiger partial charge >= 0.3 is 0 Å². The van der Waals surface area contributed by atoms with Crippen molar-refractivity contribution in [1.82, 2.24) is 20.3 Å². The first kappa shape index (κ1) is 17.1. The monoisotopic (exact) mass is 258 g/mol. The molecule has 0 unspecified atom stereocenters. The summed E-state index contributed by atoms with van der Waals surface area (Å²) >= 11 is 0. The Morgan fingerprint density at radius 2 is 0.944 bits per heavy atom. The van der Waals surface area contributed by atoms with Crippen LogP contribution in [0.4, 0.5) is 0 Å². The molecule has 0 rings (SSSR count). The Labute approximate surface area is 112 Å². The molecule has 0 aromatic heterocycles. The zero-order chi connectivity index (χ0) is 14.3. The fourth-order valence-electron chi connectivity index (χ4n) is 1.55. The molecule has 0 radical (unpaired) electrons. The van der Waals surface area contributed by atoms with Crippen molar-refractivity contribution in [3.63, 3.8) is 0 Å². The molecule has 0 heterocycles. The molecule has 0 N–H and O–H groups in total. The van der Waals surface area contributed by atoms with Crippen LogP contribution in [0.25, 0.3) is 0 Å². The van der Waals surface area contributed by atoms with Crippen molar-refractivity contribution in [3.8, 4) is 0 Å². The summed E-state index contributed by atoms with van der Waals surface area (Å²) in [5.74, 6) is 1.21. The van der Waals surface area contributed by atoms with E-state index in [4.69, 9.17) is 0 Å². The van der Waals surface area contributed by atoms with Crippen molar-refractivity contribution in [2.45, 2.75) is 27.7 Å². The first-order valence-corrected chi connectivity index (χ1v) is 6.55. The van der Waals surface area contributed by atoms with Gasteiger partial charge in [0.25, 0.3) is 0 Å². The molecule has 0 aromatic rings. The summed E-state index contributed by atoms with van der Waals surface area (Å²) in [6.07, 6.45) is 0. The Balaban J connectivity index is 4.19. The summed E-state index contributed by atoms with van der Waals surface area (Å²) in [5.41, 5.74) is 0. The lowest BCUT2D eigenvalue weighted by atomic mass is 10.2. The maximum atomic E-state index is 4.17. The highest BCUT2D eigenvalue weighted by Crippen LogP contribution is 2.03. The Kier molecular flexibility index (Phi) is 7.86. The van der Waals surface area contributed by atoms with Gasteiger partial charge in [-0.25, -0.2) is 20.3 Å². The molecule has 6 heteroatoms. The highest BCUT2D eigenvalue weighted by Gasteiger charge is 2.08. The Morgan fingerprint density at radius 1 is 0.667 bits per heavy atom. The average molecular weight is 258 g/mol. The molecule has 0 bridgehead atoms. The molecular formula is C12H30N6. The minimum absolute atomic E-state index is 0.606. The van der Waals surface area contributed by atoms with Crippen LogP contribution in [0.5, 0.6) is 0 Å². The zero-order valence-electron chi connectivity index (χ0n) is 13.3. The van der Waals surface area contributed by atoms with Crippen molar-refractivity contribution >= 4 is 0 Å². The predicted octanol–water partition coefficient (Wildman–Crippen LogP) is 2.14. The van der Waals surface area contributed by atoms with Gasteiger partial charge in [0.05, 0.1) is 0 Å². The van der Waals surface area contributed by atoms with Gasteiger partial charge in [0.1, 0.15) is 0 Å². The van der Waals surface area contributed by atoms with Crippen molar-refractivity contribution in [3.05, 3.63) is 0 Å². The lowest BCUT2D eigenvalue weighted by Gasteiger charge is -2.28. The number of hydrogen-bond donors (Lipinski definition) is 0. The summed E-state index contributed by atoms with van der Waals surface area (Å²) in [6.45, 7) is 10.7. The fourth-order valence-corrected chi connectivity index (χ4v) is 1.55. The summed E-state index contributed by atoms with van der Waals surface area (Å²) in [6, 6.07) is 0. The van der Waals surface area contributed by atoms with E-state index in [9.17, 15) is 0 Å². The molecule has 0 aliphatic rings. The van der Waals surface area contributed by atoms with Gasteiger partial charge in [-0.1, -0.05) is 27.7 Å². The van der Waals surface area contributed by atoms with E-state index in [1.807, 2.05) is 38.2 Å². The SMILES string of the molecule is CC(C)CN(C)N(C)N=NN(C)N(C)CC(C)C. The molecular weight excluding hydrogens is 228 g/mol. The number of rotatable bonds is 8. The molecule has 0 fully saturated rings. The number of hydrogen-bond acceptors (Lipinski definition) is 4. The number of nitrogens with zero attached hydrogens (tertiary/aromatic N) is 6. The normalized spacial score (nSPS) is 12.4. The van der Waals surface area contributed by atoms with Crippen LogP contribution in [0, 0.1) is 11.8 Å². The van der Waals surface area contributed by atoms with Crippen molar-refractivity contribution in [2.24, 2.45) is 22.3 Å². The topological polar surface area (TPSA) is 37.7 Å². The molecule has 108 valence electrons. The van der Waals surface area contributed by atoms with E-state index in [0.717, 1.165) is 13.1 Å². The van der Waals surface area contributed by atoms with Crippen LogP contribution in [-0.2, 0) is 0 Å². The number of hydrazine groups is 2. The fraction of sp³-hybridized carbons (Fsp3) is 1.00.